The van der Waals surface area contributed by atoms with Gasteiger partial charge in [-0.25, -0.2) is 4.79 Å². The Morgan fingerprint density at radius 2 is 1.95 bits per heavy atom. The third-order valence-electron chi connectivity index (χ3n) is 3.55. The third-order valence-corrected chi connectivity index (χ3v) is 4.27. The fraction of sp³-hybridized carbons (Fsp3) is 0.294. The molecule has 1 aromatic carbocycles. The second-order valence-electron chi connectivity index (χ2n) is 5.30. The normalized spacial score (nSPS) is 16.9. The van der Waals surface area contributed by atoms with Gasteiger partial charge < -0.3 is 9.64 Å². The number of hydrogen-bond acceptors (Lipinski definition) is 3. The number of amides is 1. The summed E-state index contributed by atoms with van der Waals surface area (Å²) >= 11 is 3.45. The van der Waals surface area contributed by atoms with Crippen LogP contribution in [0.15, 0.2) is 45.6 Å². The summed E-state index contributed by atoms with van der Waals surface area (Å²) in [5.41, 5.74) is 2.16. The first kappa shape index (κ1) is 16.5. The van der Waals surface area contributed by atoms with Crippen molar-refractivity contribution >= 4 is 33.9 Å². The molecule has 0 saturated carbocycles. The van der Waals surface area contributed by atoms with Crippen LogP contribution in [0.5, 0.6) is 0 Å². The number of allylic oxidation sites excluding steroid dienone is 1. The summed E-state index contributed by atoms with van der Waals surface area (Å²) in [5.74, 6) is -0.670. The number of halogens is 1. The average molecular weight is 364 g/mol. The van der Waals surface area contributed by atoms with Crippen LogP contribution in [-0.4, -0.2) is 29.9 Å². The standard InChI is InChI=1S/C17H18BrNO3/c1-10(2)19-11(3)15(17(21)22-4)13(16(19)20)9-12-7-5-6-8-14(12)18/h5-10H,1-4H3/b13-9-. The summed E-state index contributed by atoms with van der Waals surface area (Å²) in [6.45, 7) is 5.60. The Kier molecular flexibility index (Phi) is 4.86. The number of carbonyl (C=O) groups excluding carboxylic acids is 2. The number of ether oxygens (including phenoxy) is 1. The van der Waals surface area contributed by atoms with Crippen LogP contribution in [0.2, 0.25) is 0 Å². The van der Waals surface area contributed by atoms with Crippen LogP contribution in [0.25, 0.3) is 6.08 Å². The Bertz CT molecular complexity index is 689. The zero-order chi connectivity index (χ0) is 16.4. The average Bonchev–Trinajstić information content (AvgIpc) is 2.71. The van der Waals surface area contributed by atoms with Gasteiger partial charge in [0.25, 0.3) is 5.91 Å². The van der Waals surface area contributed by atoms with Gasteiger partial charge in [0.1, 0.15) is 0 Å². The molecule has 0 bridgehead atoms. The number of esters is 1. The first-order valence-electron chi connectivity index (χ1n) is 6.97. The highest BCUT2D eigenvalue weighted by Gasteiger charge is 2.38. The predicted octanol–water partition coefficient (Wildman–Crippen LogP) is 3.53. The van der Waals surface area contributed by atoms with Crippen molar-refractivity contribution in [3.8, 4) is 0 Å². The maximum atomic E-state index is 12.7. The summed E-state index contributed by atoms with van der Waals surface area (Å²) in [6, 6.07) is 7.51. The molecule has 1 aliphatic heterocycles. The molecule has 116 valence electrons. The maximum Gasteiger partial charge on any atom is 0.340 e. The van der Waals surface area contributed by atoms with Crippen LogP contribution in [0.1, 0.15) is 26.3 Å². The maximum absolute atomic E-state index is 12.7. The van der Waals surface area contributed by atoms with Gasteiger partial charge in [-0.1, -0.05) is 34.1 Å². The van der Waals surface area contributed by atoms with Crippen molar-refractivity contribution in [2.24, 2.45) is 0 Å². The Labute approximate surface area is 138 Å². The zero-order valence-corrected chi connectivity index (χ0v) is 14.6. The number of hydrogen-bond donors (Lipinski definition) is 0. The lowest BCUT2D eigenvalue weighted by Crippen LogP contribution is -2.31. The summed E-state index contributed by atoms with van der Waals surface area (Å²) in [6.07, 6.45) is 1.73. The molecule has 0 saturated heterocycles. The highest BCUT2D eigenvalue weighted by molar-refractivity contribution is 9.10. The van der Waals surface area contributed by atoms with Crippen molar-refractivity contribution in [1.82, 2.24) is 4.90 Å². The van der Waals surface area contributed by atoms with Crippen LogP contribution < -0.4 is 0 Å². The van der Waals surface area contributed by atoms with E-state index in [4.69, 9.17) is 4.74 Å². The van der Waals surface area contributed by atoms with Crippen LogP contribution in [0.3, 0.4) is 0 Å². The SMILES string of the molecule is COC(=O)C1=C(C)N(C(C)C)C(=O)/C1=C\c1ccccc1Br. The molecule has 0 N–H and O–H groups in total. The minimum absolute atomic E-state index is 0.0303. The molecule has 1 heterocycles. The Hall–Kier alpha value is -1.88. The molecular weight excluding hydrogens is 346 g/mol. The lowest BCUT2D eigenvalue weighted by molar-refractivity contribution is -0.136. The Morgan fingerprint density at radius 1 is 1.32 bits per heavy atom. The van der Waals surface area contributed by atoms with E-state index in [1.165, 1.54) is 7.11 Å². The van der Waals surface area contributed by atoms with E-state index in [0.29, 0.717) is 16.8 Å². The number of rotatable bonds is 3. The van der Waals surface area contributed by atoms with Crippen LogP contribution >= 0.6 is 15.9 Å². The molecular formula is C17H18BrNO3. The van der Waals surface area contributed by atoms with Gasteiger partial charge in [0.2, 0.25) is 0 Å². The van der Waals surface area contributed by atoms with Crippen molar-refractivity contribution < 1.29 is 14.3 Å². The van der Waals surface area contributed by atoms with E-state index in [1.54, 1.807) is 17.9 Å². The van der Waals surface area contributed by atoms with Gasteiger partial charge in [0, 0.05) is 16.2 Å². The highest BCUT2D eigenvalue weighted by atomic mass is 79.9. The quantitative estimate of drug-likeness (QED) is 0.609. The van der Waals surface area contributed by atoms with Crippen molar-refractivity contribution in [1.29, 1.82) is 0 Å². The number of nitrogens with zero attached hydrogens (tertiary/aromatic N) is 1. The molecule has 2 rings (SSSR count). The molecule has 0 unspecified atom stereocenters. The first-order valence-corrected chi connectivity index (χ1v) is 7.77. The molecule has 0 atom stereocenters. The molecule has 0 radical (unpaired) electrons. The third kappa shape index (κ3) is 2.86. The van der Waals surface area contributed by atoms with Crippen LogP contribution in [-0.2, 0) is 14.3 Å². The molecule has 0 aromatic heterocycles. The van der Waals surface area contributed by atoms with Gasteiger partial charge >= 0.3 is 5.97 Å². The van der Waals surface area contributed by atoms with E-state index in [-0.39, 0.29) is 11.9 Å². The van der Waals surface area contributed by atoms with Crippen molar-refractivity contribution in [2.45, 2.75) is 26.8 Å². The molecule has 22 heavy (non-hydrogen) atoms. The van der Waals surface area contributed by atoms with Gasteiger partial charge in [0.05, 0.1) is 18.3 Å². The van der Waals surface area contributed by atoms with Gasteiger partial charge in [-0.05, 0) is 38.5 Å². The summed E-state index contributed by atoms with van der Waals surface area (Å²) < 4.78 is 5.71. The Balaban J connectivity index is 2.61. The summed E-state index contributed by atoms with van der Waals surface area (Å²) in [4.78, 5) is 26.4. The first-order chi connectivity index (χ1) is 10.4. The molecule has 1 aromatic rings. The van der Waals surface area contributed by atoms with Gasteiger partial charge in [0.15, 0.2) is 0 Å². The van der Waals surface area contributed by atoms with Crippen molar-refractivity contribution in [3.63, 3.8) is 0 Å². The summed E-state index contributed by atoms with van der Waals surface area (Å²) in [5, 5.41) is 0. The Morgan fingerprint density at radius 3 is 2.50 bits per heavy atom. The second kappa shape index (κ2) is 6.48. The molecule has 1 aliphatic rings. The topological polar surface area (TPSA) is 46.6 Å². The number of methoxy groups -OCH3 is 1. The van der Waals surface area contributed by atoms with Gasteiger partial charge in [-0.2, -0.15) is 0 Å². The lowest BCUT2D eigenvalue weighted by Gasteiger charge is -2.22. The minimum atomic E-state index is -0.493. The number of carbonyl (C=O) groups is 2. The van der Waals surface area contributed by atoms with E-state index in [1.807, 2.05) is 38.1 Å². The second-order valence-corrected chi connectivity index (χ2v) is 6.15. The molecule has 0 spiro atoms. The van der Waals surface area contributed by atoms with Crippen molar-refractivity contribution in [2.75, 3.05) is 7.11 Å². The molecule has 0 aliphatic carbocycles. The monoisotopic (exact) mass is 363 g/mol. The number of benzene rings is 1. The van der Waals surface area contributed by atoms with E-state index in [9.17, 15) is 9.59 Å². The van der Waals surface area contributed by atoms with Crippen LogP contribution in [0.4, 0.5) is 0 Å². The van der Waals surface area contributed by atoms with Gasteiger partial charge in [-0.3, -0.25) is 4.79 Å². The molecule has 4 nitrogen and oxygen atoms in total. The fourth-order valence-electron chi connectivity index (χ4n) is 2.57. The van der Waals surface area contributed by atoms with E-state index in [2.05, 4.69) is 15.9 Å². The summed E-state index contributed by atoms with van der Waals surface area (Å²) in [7, 11) is 1.32. The molecule has 1 amide bonds. The van der Waals surface area contributed by atoms with Gasteiger partial charge in [-0.15, -0.1) is 0 Å². The molecule has 5 heteroatoms. The zero-order valence-electron chi connectivity index (χ0n) is 13.0. The molecule has 0 fully saturated rings. The van der Waals surface area contributed by atoms with Crippen LogP contribution in [0, 0.1) is 0 Å². The predicted molar refractivity (Wildman–Crippen MR) is 88.8 cm³/mol. The lowest BCUT2D eigenvalue weighted by atomic mass is 10.0. The fourth-order valence-corrected chi connectivity index (χ4v) is 2.97. The van der Waals surface area contributed by atoms with E-state index >= 15 is 0 Å². The van der Waals surface area contributed by atoms with Crippen molar-refractivity contribution in [3.05, 3.63) is 51.1 Å². The van der Waals surface area contributed by atoms with E-state index < -0.39 is 5.97 Å². The highest BCUT2D eigenvalue weighted by Crippen LogP contribution is 2.33. The minimum Gasteiger partial charge on any atom is -0.465 e. The van der Waals surface area contributed by atoms with E-state index in [0.717, 1.165) is 10.0 Å². The smallest absolute Gasteiger partial charge is 0.340 e. The largest absolute Gasteiger partial charge is 0.465 e.